The van der Waals surface area contributed by atoms with E-state index in [4.69, 9.17) is 0 Å². The van der Waals surface area contributed by atoms with Gasteiger partial charge in [-0.3, -0.25) is 0 Å². The molecule has 0 saturated carbocycles. The van der Waals surface area contributed by atoms with Crippen LogP contribution < -0.4 is 4.72 Å². The summed E-state index contributed by atoms with van der Waals surface area (Å²) < 4.78 is 28.3. The second-order valence-electron chi connectivity index (χ2n) is 5.55. The number of rotatable bonds is 6. The van der Waals surface area contributed by atoms with Gasteiger partial charge in [-0.05, 0) is 57.1 Å². The van der Waals surface area contributed by atoms with Crippen molar-refractivity contribution < 1.29 is 8.42 Å². The number of likely N-dealkylation sites (tertiary alicyclic amines) is 1. The van der Waals surface area contributed by atoms with Crippen LogP contribution in [0.3, 0.4) is 0 Å². The summed E-state index contributed by atoms with van der Waals surface area (Å²) in [5.74, 6) is 0. The molecule has 0 bridgehead atoms. The highest BCUT2D eigenvalue weighted by molar-refractivity contribution is 9.10. The first kappa shape index (κ1) is 16.9. The number of hydrogen-bond acceptors (Lipinski definition) is 3. The monoisotopic (exact) mass is 374 g/mol. The van der Waals surface area contributed by atoms with E-state index in [1.54, 1.807) is 18.2 Å². The molecule has 1 fully saturated rings. The lowest BCUT2D eigenvalue weighted by Crippen LogP contribution is -2.44. The molecular formula is C15H23BrN2O2S. The van der Waals surface area contributed by atoms with Gasteiger partial charge in [0.25, 0.3) is 0 Å². The third-order valence-electron chi connectivity index (χ3n) is 3.84. The van der Waals surface area contributed by atoms with Crippen LogP contribution in [0.5, 0.6) is 0 Å². The SMILES string of the molecule is CCCCN1CCC(NS(=O)(=O)c2cccc(Br)c2)CC1. The summed E-state index contributed by atoms with van der Waals surface area (Å²) >= 11 is 3.31. The van der Waals surface area contributed by atoms with Crippen molar-refractivity contribution in [3.63, 3.8) is 0 Å². The fourth-order valence-corrected chi connectivity index (χ4v) is 4.48. The van der Waals surface area contributed by atoms with Crippen LogP contribution >= 0.6 is 15.9 Å². The standard InChI is InChI=1S/C15H23BrN2O2S/c1-2-3-9-18-10-7-14(8-11-18)17-21(19,20)15-6-4-5-13(16)12-15/h4-6,12,14,17H,2-3,7-11H2,1H3. The number of nitrogens with one attached hydrogen (secondary N) is 1. The van der Waals surface area contributed by atoms with Crippen LogP contribution in [0.2, 0.25) is 0 Å². The van der Waals surface area contributed by atoms with Crippen molar-refractivity contribution in [3.8, 4) is 0 Å². The van der Waals surface area contributed by atoms with E-state index in [2.05, 4.69) is 32.5 Å². The lowest BCUT2D eigenvalue weighted by molar-refractivity contribution is 0.205. The van der Waals surface area contributed by atoms with E-state index in [0.29, 0.717) is 4.90 Å². The van der Waals surface area contributed by atoms with Crippen molar-refractivity contribution in [1.82, 2.24) is 9.62 Å². The summed E-state index contributed by atoms with van der Waals surface area (Å²) in [6.07, 6.45) is 4.19. The number of hydrogen-bond donors (Lipinski definition) is 1. The molecule has 0 spiro atoms. The van der Waals surface area contributed by atoms with Crippen molar-refractivity contribution in [2.24, 2.45) is 0 Å². The molecule has 1 saturated heterocycles. The van der Waals surface area contributed by atoms with Crippen LogP contribution in [-0.2, 0) is 10.0 Å². The minimum Gasteiger partial charge on any atom is -0.303 e. The molecule has 0 aromatic heterocycles. The van der Waals surface area contributed by atoms with E-state index in [0.717, 1.165) is 36.9 Å². The average Bonchev–Trinajstić information content (AvgIpc) is 2.46. The molecule has 4 nitrogen and oxygen atoms in total. The minimum absolute atomic E-state index is 0.0480. The first-order chi connectivity index (χ1) is 10.0. The van der Waals surface area contributed by atoms with Gasteiger partial charge < -0.3 is 4.90 Å². The molecule has 6 heteroatoms. The second kappa shape index (κ2) is 7.72. The highest BCUT2D eigenvalue weighted by Crippen LogP contribution is 2.18. The molecular weight excluding hydrogens is 352 g/mol. The minimum atomic E-state index is -3.42. The van der Waals surface area contributed by atoms with E-state index < -0.39 is 10.0 Å². The van der Waals surface area contributed by atoms with Crippen molar-refractivity contribution in [2.75, 3.05) is 19.6 Å². The maximum Gasteiger partial charge on any atom is 0.240 e. The van der Waals surface area contributed by atoms with Gasteiger partial charge in [-0.15, -0.1) is 0 Å². The molecule has 1 heterocycles. The first-order valence-electron chi connectivity index (χ1n) is 7.51. The Morgan fingerprint density at radius 2 is 2.05 bits per heavy atom. The highest BCUT2D eigenvalue weighted by atomic mass is 79.9. The number of nitrogens with zero attached hydrogens (tertiary/aromatic N) is 1. The van der Waals surface area contributed by atoms with E-state index in [9.17, 15) is 8.42 Å². The number of halogens is 1. The summed E-state index contributed by atoms with van der Waals surface area (Å²) in [6, 6.07) is 6.88. The van der Waals surface area contributed by atoms with Crippen molar-refractivity contribution in [2.45, 2.75) is 43.5 Å². The molecule has 0 unspecified atom stereocenters. The Morgan fingerprint density at radius 1 is 1.33 bits per heavy atom. The number of unbranched alkanes of at least 4 members (excludes halogenated alkanes) is 1. The van der Waals surface area contributed by atoms with E-state index in [1.165, 1.54) is 12.8 Å². The fraction of sp³-hybridized carbons (Fsp3) is 0.600. The molecule has 118 valence electrons. The summed E-state index contributed by atoms with van der Waals surface area (Å²) in [5.41, 5.74) is 0. The first-order valence-corrected chi connectivity index (χ1v) is 9.79. The zero-order chi connectivity index (χ0) is 15.3. The lowest BCUT2D eigenvalue weighted by atomic mass is 10.1. The van der Waals surface area contributed by atoms with Gasteiger partial charge in [0.1, 0.15) is 0 Å². The molecule has 1 aliphatic rings. The second-order valence-corrected chi connectivity index (χ2v) is 8.18. The molecule has 0 radical (unpaired) electrons. The topological polar surface area (TPSA) is 49.4 Å². The van der Waals surface area contributed by atoms with E-state index in [1.807, 2.05) is 6.07 Å². The predicted molar refractivity (Wildman–Crippen MR) is 88.8 cm³/mol. The molecule has 2 rings (SSSR count). The average molecular weight is 375 g/mol. The Bertz CT molecular complexity index is 555. The Morgan fingerprint density at radius 3 is 2.67 bits per heavy atom. The Hall–Kier alpha value is -0.430. The van der Waals surface area contributed by atoms with E-state index in [-0.39, 0.29) is 6.04 Å². The van der Waals surface area contributed by atoms with Crippen LogP contribution in [0.1, 0.15) is 32.6 Å². The molecule has 0 amide bonds. The fourth-order valence-electron chi connectivity index (χ4n) is 2.58. The van der Waals surface area contributed by atoms with Crippen molar-refractivity contribution >= 4 is 26.0 Å². The maximum atomic E-state index is 12.4. The van der Waals surface area contributed by atoms with Crippen LogP contribution in [0.15, 0.2) is 33.6 Å². The summed E-state index contributed by atoms with van der Waals surface area (Å²) in [4.78, 5) is 2.75. The largest absolute Gasteiger partial charge is 0.303 e. The van der Waals surface area contributed by atoms with Crippen molar-refractivity contribution in [1.29, 1.82) is 0 Å². The van der Waals surface area contributed by atoms with Crippen molar-refractivity contribution in [3.05, 3.63) is 28.7 Å². The molecule has 0 aliphatic carbocycles. The van der Waals surface area contributed by atoms with Gasteiger partial charge in [0, 0.05) is 10.5 Å². The Kier molecular flexibility index (Phi) is 6.22. The van der Waals surface area contributed by atoms with Crippen LogP contribution in [-0.4, -0.2) is 39.0 Å². The molecule has 1 N–H and O–H groups in total. The number of piperidine rings is 1. The lowest BCUT2D eigenvalue weighted by Gasteiger charge is -2.32. The van der Waals surface area contributed by atoms with Crippen LogP contribution in [0.25, 0.3) is 0 Å². The predicted octanol–water partition coefficient (Wildman–Crippen LogP) is 2.99. The Labute approximate surface area is 136 Å². The smallest absolute Gasteiger partial charge is 0.240 e. The molecule has 0 atom stereocenters. The zero-order valence-electron chi connectivity index (χ0n) is 12.4. The molecule has 1 aromatic rings. The maximum absolute atomic E-state index is 12.4. The van der Waals surface area contributed by atoms with E-state index >= 15 is 0 Å². The number of sulfonamides is 1. The quantitative estimate of drug-likeness (QED) is 0.832. The van der Waals surface area contributed by atoms with Gasteiger partial charge in [-0.1, -0.05) is 35.3 Å². The van der Waals surface area contributed by atoms with Gasteiger partial charge in [-0.25, -0.2) is 13.1 Å². The molecule has 1 aromatic carbocycles. The zero-order valence-corrected chi connectivity index (χ0v) is 14.8. The molecule has 21 heavy (non-hydrogen) atoms. The van der Waals surface area contributed by atoms with Gasteiger partial charge in [0.05, 0.1) is 4.90 Å². The summed E-state index contributed by atoms with van der Waals surface area (Å²) in [6.45, 7) is 5.28. The van der Waals surface area contributed by atoms with Crippen LogP contribution in [0, 0.1) is 0 Å². The third kappa shape index (κ3) is 5.06. The third-order valence-corrected chi connectivity index (χ3v) is 5.86. The normalized spacial score (nSPS) is 18.0. The van der Waals surface area contributed by atoms with Gasteiger partial charge in [-0.2, -0.15) is 0 Å². The van der Waals surface area contributed by atoms with Crippen LogP contribution in [0.4, 0.5) is 0 Å². The molecule has 1 aliphatic heterocycles. The van der Waals surface area contributed by atoms with Gasteiger partial charge >= 0.3 is 0 Å². The van der Waals surface area contributed by atoms with Gasteiger partial charge in [0.15, 0.2) is 0 Å². The Balaban J connectivity index is 1.90. The number of benzene rings is 1. The van der Waals surface area contributed by atoms with Gasteiger partial charge in [0.2, 0.25) is 10.0 Å². The summed E-state index contributed by atoms with van der Waals surface area (Å²) in [7, 11) is -3.42. The highest BCUT2D eigenvalue weighted by Gasteiger charge is 2.24. The summed E-state index contributed by atoms with van der Waals surface area (Å²) in [5, 5.41) is 0.